The smallest absolute Gasteiger partial charge is 0.127 e. The van der Waals surface area contributed by atoms with Crippen LogP contribution in [0.3, 0.4) is 0 Å². The first-order valence-electron chi connectivity index (χ1n) is 8.30. The quantitative estimate of drug-likeness (QED) is 0.432. The minimum absolute atomic E-state index is 0.892. The molecule has 3 aromatic carbocycles. The molecule has 25 heavy (non-hydrogen) atoms. The summed E-state index contributed by atoms with van der Waals surface area (Å²) in [6, 6.07) is 27.3. The maximum absolute atomic E-state index is 4.53. The number of rotatable bonds is 4. The average Bonchev–Trinajstić information content (AvgIpc) is 2.68. The van der Waals surface area contributed by atoms with Gasteiger partial charge in [-0.05, 0) is 12.5 Å². The van der Waals surface area contributed by atoms with Crippen LogP contribution in [0.15, 0.2) is 83.9 Å². The molecule has 0 spiro atoms. The first kappa shape index (κ1) is 15.9. The molecule has 0 amide bonds. The van der Waals surface area contributed by atoms with Crippen LogP contribution in [0.2, 0.25) is 0 Å². The van der Waals surface area contributed by atoms with Gasteiger partial charge in [-0.1, -0.05) is 96.2 Å². The van der Waals surface area contributed by atoms with Gasteiger partial charge in [0, 0.05) is 22.1 Å². The molecule has 0 bridgehead atoms. The van der Waals surface area contributed by atoms with Crippen molar-refractivity contribution in [3.8, 4) is 11.3 Å². The lowest BCUT2D eigenvalue weighted by molar-refractivity contribution is 0.961. The van der Waals surface area contributed by atoms with Crippen molar-refractivity contribution < 1.29 is 0 Å². The summed E-state index contributed by atoms with van der Waals surface area (Å²) in [7, 11) is 0. The Morgan fingerprint density at radius 3 is 2.16 bits per heavy atom. The van der Waals surface area contributed by atoms with Crippen LogP contribution in [0.5, 0.6) is 0 Å². The van der Waals surface area contributed by atoms with E-state index < -0.39 is 0 Å². The minimum atomic E-state index is 0.892. The maximum Gasteiger partial charge on any atom is 0.127 e. The van der Waals surface area contributed by atoms with Gasteiger partial charge in [-0.15, -0.1) is 10.2 Å². The molecule has 3 heteroatoms. The Hall–Kier alpha value is -2.65. The predicted octanol–water partition coefficient (Wildman–Crippen LogP) is 5.90. The molecule has 0 N–H and O–H groups in total. The van der Waals surface area contributed by atoms with Crippen LogP contribution in [0.4, 0.5) is 0 Å². The van der Waals surface area contributed by atoms with Crippen molar-refractivity contribution in [3.63, 3.8) is 0 Å². The number of hydrogen-bond donors (Lipinski definition) is 0. The van der Waals surface area contributed by atoms with Gasteiger partial charge in [0.05, 0.1) is 0 Å². The van der Waals surface area contributed by atoms with Crippen molar-refractivity contribution in [2.45, 2.75) is 17.7 Å². The fraction of sp³-hybridized carbons (Fsp3) is 0.0909. The third-order valence-electron chi connectivity index (χ3n) is 4.20. The van der Waals surface area contributed by atoms with E-state index in [1.165, 1.54) is 11.1 Å². The molecule has 0 aliphatic heterocycles. The van der Waals surface area contributed by atoms with Gasteiger partial charge in [0.2, 0.25) is 0 Å². The van der Waals surface area contributed by atoms with E-state index in [1.54, 1.807) is 11.8 Å². The van der Waals surface area contributed by atoms with Crippen LogP contribution in [-0.2, 0) is 5.75 Å². The monoisotopic (exact) mass is 342 g/mol. The normalized spacial score (nSPS) is 10.9. The number of thioether (sulfide) groups is 1. The lowest BCUT2D eigenvalue weighted by Crippen LogP contribution is -1.94. The first-order chi connectivity index (χ1) is 12.3. The Morgan fingerprint density at radius 2 is 1.40 bits per heavy atom. The first-order valence-corrected chi connectivity index (χ1v) is 9.29. The summed E-state index contributed by atoms with van der Waals surface area (Å²) in [5, 5.41) is 12.4. The molecular weight excluding hydrogens is 324 g/mol. The van der Waals surface area contributed by atoms with Crippen molar-refractivity contribution in [3.05, 3.63) is 90.0 Å². The molecular formula is C22H18N2S. The number of fused-ring (bicyclic) bond motifs is 1. The van der Waals surface area contributed by atoms with E-state index in [4.69, 9.17) is 0 Å². The van der Waals surface area contributed by atoms with E-state index >= 15 is 0 Å². The molecule has 0 unspecified atom stereocenters. The minimum Gasteiger partial charge on any atom is -0.149 e. The molecule has 2 nitrogen and oxygen atoms in total. The largest absolute Gasteiger partial charge is 0.149 e. The topological polar surface area (TPSA) is 25.8 Å². The van der Waals surface area contributed by atoms with Crippen molar-refractivity contribution in [2.75, 3.05) is 0 Å². The van der Waals surface area contributed by atoms with Crippen molar-refractivity contribution in [1.29, 1.82) is 0 Å². The molecule has 0 fully saturated rings. The highest BCUT2D eigenvalue weighted by molar-refractivity contribution is 7.98. The summed E-state index contributed by atoms with van der Waals surface area (Å²) >= 11 is 1.74. The highest BCUT2D eigenvalue weighted by Gasteiger charge is 2.11. The van der Waals surface area contributed by atoms with Gasteiger partial charge in [0.1, 0.15) is 10.7 Å². The Balaban J connectivity index is 1.70. The number of aryl methyl sites for hydroxylation is 1. The second-order valence-corrected chi connectivity index (χ2v) is 7.00. The van der Waals surface area contributed by atoms with Gasteiger partial charge in [0.15, 0.2) is 0 Å². The second kappa shape index (κ2) is 7.08. The van der Waals surface area contributed by atoms with E-state index in [1.807, 2.05) is 18.2 Å². The van der Waals surface area contributed by atoms with Crippen LogP contribution in [0.1, 0.15) is 11.1 Å². The fourth-order valence-electron chi connectivity index (χ4n) is 2.83. The van der Waals surface area contributed by atoms with Gasteiger partial charge in [0.25, 0.3) is 0 Å². The highest BCUT2D eigenvalue weighted by Crippen LogP contribution is 2.32. The maximum atomic E-state index is 4.53. The molecule has 0 atom stereocenters. The van der Waals surface area contributed by atoms with Crippen LogP contribution in [0.25, 0.3) is 22.0 Å². The van der Waals surface area contributed by atoms with Crippen molar-refractivity contribution in [2.24, 2.45) is 0 Å². The number of hydrogen-bond acceptors (Lipinski definition) is 3. The summed E-state index contributed by atoms with van der Waals surface area (Å²) in [5.74, 6) is 0.892. The zero-order chi connectivity index (χ0) is 17.1. The molecule has 0 radical (unpaired) electrons. The number of benzene rings is 3. The highest BCUT2D eigenvalue weighted by atomic mass is 32.2. The molecule has 4 aromatic rings. The van der Waals surface area contributed by atoms with Gasteiger partial charge < -0.3 is 0 Å². The second-order valence-electron chi connectivity index (χ2n) is 6.04. The lowest BCUT2D eigenvalue weighted by atomic mass is 10.1. The molecule has 122 valence electrons. The van der Waals surface area contributed by atoms with Gasteiger partial charge in [-0.3, -0.25) is 0 Å². The third-order valence-corrected chi connectivity index (χ3v) is 5.25. The molecule has 0 saturated heterocycles. The van der Waals surface area contributed by atoms with E-state index in [0.29, 0.717) is 0 Å². The Kier molecular flexibility index (Phi) is 4.49. The zero-order valence-corrected chi connectivity index (χ0v) is 14.8. The average molecular weight is 342 g/mol. The predicted molar refractivity (Wildman–Crippen MR) is 106 cm³/mol. The fourth-order valence-corrected chi connectivity index (χ4v) is 3.76. The van der Waals surface area contributed by atoms with E-state index in [-0.39, 0.29) is 0 Å². The third kappa shape index (κ3) is 3.42. The lowest BCUT2D eigenvalue weighted by Gasteiger charge is -2.09. The molecule has 4 rings (SSSR count). The van der Waals surface area contributed by atoms with Gasteiger partial charge >= 0.3 is 0 Å². The van der Waals surface area contributed by atoms with Crippen LogP contribution in [0, 0.1) is 6.92 Å². The van der Waals surface area contributed by atoms with Crippen molar-refractivity contribution in [1.82, 2.24) is 10.2 Å². The molecule has 0 aliphatic rings. The van der Waals surface area contributed by atoms with E-state index in [9.17, 15) is 0 Å². The molecule has 1 heterocycles. The summed E-state index contributed by atoms with van der Waals surface area (Å²) < 4.78 is 0. The number of aromatic nitrogens is 2. The van der Waals surface area contributed by atoms with Gasteiger partial charge in [-0.25, -0.2) is 0 Å². The SMILES string of the molecule is Cc1ccc(CSc2nnc(-c3ccccc3)c3ccccc23)cc1. The standard InChI is InChI=1S/C22H18N2S/c1-16-11-13-17(14-12-16)15-25-22-20-10-6-5-9-19(20)21(23-24-22)18-7-3-2-4-8-18/h2-14H,15H2,1H3. The summed E-state index contributed by atoms with van der Waals surface area (Å²) in [6.45, 7) is 2.11. The van der Waals surface area contributed by atoms with Crippen LogP contribution < -0.4 is 0 Å². The number of nitrogens with zero attached hydrogens (tertiary/aromatic N) is 2. The van der Waals surface area contributed by atoms with Crippen LogP contribution in [-0.4, -0.2) is 10.2 Å². The van der Waals surface area contributed by atoms with E-state index in [2.05, 4.69) is 77.8 Å². The Morgan fingerprint density at radius 1 is 0.720 bits per heavy atom. The molecule has 0 aliphatic carbocycles. The van der Waals surface area contributed by atoms with E-state index in [0.717, 1.165) is 32.8 Å². The summed E-state index contributed by atoms with van der Waals surface area (Å²) in [5.41, 5.74) is 4.62. The van der Waals surface area contributed by atoms with Crippen molar-refractivity contribution >= 4 is 22.5 Å². The summed E-state index contributed by atoms with van der Waals surface area (Å²) in [6.07, 6.45) is 0. The molecule has 1 aromatic heterocycles. The zero-order valence-electron chi connectivity index (χ0n) is 14.0. The van der Waals surface area contributed by atoms with Gasteiger partial charge in [-0.2, -0.15) is 0 Å². The van der Waals surface area contributed by atoms with Crippen LogP contribution >= 0.6 is 11.8 Å². The Bertz CT molecular complexity index is 995. The Labute approximate surface area is 151 Å². The molecule has 0 saturated carbocycles. The summed E-state index contributed by atoms with van der Waals surface area (Å²) in [4.78, 5) is 0.